The van der Waals surface area contributed by atoms with Gasteiger partial charge in [-0.1, -0.05) is 5.16 Å². The minimum atomic E-state index is -0.121. The summed E-state index contributed by atoms with van der Waals surface area (Å²) in [5.74, 6) is 1.06. The van der Waals surface area contributed by atoms with Crippen LogP contribution in [-0.2, 0) is 9.59 Å². The average molecular weight is 266 g/mol. The molecule has 0 bridgehead atoms. The maximum atomic E-state index is 11.8. The number of piperazine rings is 1. The van der Waals surface area contributed by atoms with Crippen molar-refractivity contribution in [2.24, 2.45) is 0 Å². The second-order valence-electron chi connectivity index (χ2n) is 4.65. The lowest BCUT2D eigenvalue weighted by Crippen LogP contribution is -2.49. The molecule has 0 radical (unpaired) electrons. The molecule has 1 aliphatic heterocycles. The molecule has 1 N–H and O–H groups in total. The number of nitrogens with zero attached hydrogens (tertiary/aromatic N) is 3. The van der Waals surface area contributed by atoms with Gasteiger partial charge in [0.05, 0.1) is 6.54 Å². The van der Waals surface area contributed by atoms with Gasteiger partial charge in [-0.15, -0.1) is 0 Å². The first-order valence-corrected chi connectivity index (χ1v) is 6.25. The van der Waals surface area contributed by atoms with Crippen molar-refractivity contribution in [2.45, 2.75) is 13.8 Å². The van der Waals surface area contributed by atoms with E-state index in [0.717, 1.165) is 0 Å². The van der Waals surface area contributed by atoms with Crippen molar-refractivity contribution in [3.05, 3.63) is 11.8 Å². The molecule has 2 amide bonds. The number of rotatable bonds is 3. The van der Waals surface area contributed by atoms with Gasteiger partial charge in [0.25, 0.3) is 0 Å². The molecule has 0 atom stereocenters. The number of carbonyl (C=O) groups excluding carboxylic acids is 2. The predicted molar refractivity (Wildman–Crippen MR) is 68.6 cm³/mol. The smallest absolute Gasteiger partial charge is 0.239 e. The zero-order valence-corrected chi connectivity index (χ0v) is 11.2. The first-order chi connectivity index (χ1) is 9.04. The molecule has 104 valence electrons. The van der Waals surface area contributed by atoms with E-state index in [2.05, 4.69) is 10.5 Å². The quantitative estimate of drug-likeness (QED) is 0.838. The maximum Gasteiger partial charge on any atom is 0.239 e. The van der Waals surface area contributed by atoms with Crippen LogP contribution in [0.3, 0.4) is 0 Å². The summed E-state index contributed by atoms with van der Waals surface area (Å²) >= 11 is 0. The van der Waals surface area contributed by atoms with Gasteiger partial charge in [0.1, 0.15) is 5.76 Å². The van der Waals surface area contributed by atoms with Crippen LogP contribution in [-0.4, -0.2) is 59.5 Å². The highest BCUT2D eigenvalue weighted by Gasteiger charge is 2.20. The predicted octanol–water partition coefficient (Wildman–Crippen LogP) is 0.0856. The highest BCUT2D eigenvalue weighted by Crippen LogP contribution is 2.07. The standard InChI is InChI=1S/C12H18N4O3/c1-9-7-11(14-19-9)13-12(18)8-15-3-5-16(6-4-15)10(2)17/h7H,3-6,8H2,1-2H3,(H,13,14,18). The van der Waals surface area contributed by atoms with Gasteiger partial charge in [0.2, 0.25) is 11.8 Å². The number of aromatic nitrogens is 1. The van der Waals surface area contributed by atoms with E-state index in [-0.39, 0.29) is 11.8 Å². The minimum absolute atomic E-state index is 0.0853. The molecule has 19 heavy (non-hydrogen) atoms. The Morgan fingerprint density at radius 2 is 2.05 bits per heavy atom. The van der Waals surface area contributed by atoms with Gasteiger partial charge in [-0.05, 0) is 6.92 Å². The number of anilines is 1. The molecule has 0 saturated carbocycles. The van der Waals surface area contributed by atoms with Crippen LogP contribution < -0.4 is 5.32 Å². The molecule has 2 rings (SSSR count). The zero-order valence-electron chi connectivity index (χ0n) is 11.2. The third-order valence-electron chi connectivity index (χ3n) is 3.08. The molecule has 0 aromatic carbocycles. The number of aryl methyl sites for hydroxylation is 1. The van der Waals surface area contributed by atoms with Crippen molar-refractivity contribution in [1.82, 2.24) is 15.0 Å². The van der Waals surface area contributed by atoms with Crippen molar-refractivity contribution in [2.75, 3.05) is 38.0 Å². The summed E-state index contributed by atoms with van der Waals surface area (Å²) in [5.41, 5.74) is 0. The fraction of sp³-hybridized carbons (Fsp3) is 0.583. The van der Waals surface area contributed by atoms with Gasteiger partial charge < -0.3 is 14.7 Å². The van der Waals surface area contributed by atoms with Gasteiger partial charge in [0.15, 0.2) is 5.82 Å². The van der Waals surface area contributed by atoms with Crippen LogP contribution in [0.25, 0.3) is 0 Å². The normalized spacial score (nSPS) is 16.4. The SMILES string of the molecule is CC(=O)N1CCN(CC(=O)Nc2cc(C)on2)CC1. The Bertz CT molecular complexity index is 463. The van der Waals surface area contributed by atoms with E-state index in [9.17, 15) is 9.59 Å². The highest BCUT2D eigenvalue weighted by atomic mass is 16.5. The number of carbonyl (C=O) groups is 2. The fourth-order valence-electron chi connectivity index (χ4n) is 2.03. The molecule has 1 saturated heterocycles. The van der Waals surface area contributed by atoms with E-state index in [0.29, 0.717) is 44.3 Å². The summed E-state index contributed by atoms with van der Waals surface area (Å²) in [5, 5.41) is 6.38. The van der Waals surface area contributed by atoms with Gasteiger partial charge in [-0.2, -0.15) is 0 Å². The molecule has 0 unspecified atom stereocenters. The van der Waals surface area contributed by atoms with E-state index in [1.165, 1.54) is 0 Å². The van der Waals surface area contributed by atoms with Crippen molar-refractivity contribution in [1.29, 1.82) is 0 Å². The third kappa shape index (κ3) is 3.78. The van der Waals surface area contributed by atoms with E-state index >= 15 is 0 Å². The summed E-state index contributed by atoms with van der Waals surface area (Å²) in [7, 11) is 0. The molecular formula is C12H18N4O3. The van der Waals surface area contributed by atoms with E-state index in [1.54, 1.807) is 24.8 Å². The Kier molecular flexibility index (Phi) is 4.16. The largest absolute Gasteiger partial charge is 0.360 e. The van der Waals surface area contributed by atoms with Crippen molar-refractivity contribution in [3.63, 3.8) is 0 Å². The van der Waals surface area contributed by atoms with Gasteiger partial charge >= 0.3 is 0 Å². The summed E-state index contributed by atoms with van der Waals surface area (Å²) in [6.07, 6.45) is 0. The molecule has 7 nitrogen and oxygen atoms in total. The monoisotopic (exact) mass is 266 g/mol. The Hall–Kier alpha value is -1.89. The first kappa shape index (κ1) is 13.5. The molecule has 2 heterocycles. The molecule has 7 heteroatoms. The number of hydrogen-bond donors (Lipinski definition) is 1. The van der Waals surface area contributed by atoms with E-state index < -0.39 is 0 Å². The first-order valence-electron chi connectivity index (χ1n) is 6.25. The minimum Gasteiger partial charge on any atom is -0.360 e. The van der Waals surface area contributed by atoms with E-state index in [4.69, 9.17) is 4.52 Å². The van der Waals surface area contributed by atoms with Crippen LogP contribution in [0.15, 0.2) is 10.6 Å². The lowest BCUT2D eigenvalue weighted by atomic mass is 10.3. The fourth-order valence-corrected chi connectivity index (χ4v) is 2.03. The average Bonchev–Trinajstić information content (AvgIpc) is 2.75. The van der Waals surface area contributed by atoms with Crippen LogP contribution in [0, 0.1) is 6.92 Å². The highest BCUT2D eigenvalue weighted by molar-refractivity contribution is 5.91. The molecule has 1 fully saturated rings. The van der Waals surface area contributed by atoms with Gasteiger partial charge in [-0.25, -0.2) is 0 Å². The van der Waals surface area contributed by atoms with Gasteiger partial charge in [0, 0.05) is 39.2 Å². The topological polar surface area (TPSA) is 78.7 Å². The summed E-state index contributed by atoms with van der Waals surface area (Å²) in [6, 6.07) is 1.67. The molecule has 0 aliphatic carbocycles. The summed E-state index contributed by atoms with van der Waals surface area (Å²) in [4.78, 5) is 26.8. The lowest BCUT2D eigenvalue weighted by Gasteiger charge is -2.33. The molecule has 1 aromatic rings. The summed E-state index contributed by atoms with van der Waals surface area (Å²) < 4.78 is 4.87. The molecule has 0 spiro atoms. The zero-order chi connectivity index (χ0) is 13.8. The maximum absolute atomic E-state index is 11.8. The molecule has 1 aliphatic rings. The number of nitrogens with one attached hydrogen (secondary N) is 1. The van der Waals surface area contributed by atoms with Crippen molar-refractivity contribution >= 4 is 17.6 Å². The Labute approximate surface area is 111 Å². The molecule has 1 aromatic heterocycles. The van der Waals surface area contributed by atoms with E-state index in [1.807, 2.05) is 4.90 Å². The van der Waals surface area contributed by atoms with Crippen LogP contribution in [0.5, 0.6) is 0 Å². The van der Waals surface area contributed by atoms with Gasteiger partial charge in [-0.3, -0.25) is 14.5 Å². The van der Waals surface area contributed by atoms with Crippen LogP contribution >= 0.6 is 0 Å². The Morgan fingerprint density at radius 3 is 2.58 bits per heavy atom. The van der Waals surface area contributed by atoms with Crippen LogP contribution in [0.4, 0.5) is 5.82 Å². The lowest BCUT2D eigenvalue weighted by molar-refractivity contribution is -0.130. The van der Waals surface area contributed by atoms with Crippen molar-refractivity contribution < 1.29 is 14.1 Å². The summed E-state index contributed by atoms with van der Waals surface area (Å²) in [6.45, 7) is 6.41. The third-order valence-corrected chi connectivity index (χ3v) is 3.08. The Morgan fingerprint density at radius 1 is 1.37 bits per heavy atom. The van der Waals surface area contributed by atoms with Crippen LogP contribution in [0.1, 0.15) is 12.7 Å². The second-order valence-corrected chi connectivity index (χ2v) is 4.65. The number of hydrogen-bond acceptors (Lipinski definition) is 5. The number of amides is 2. The second kappa shape index (κ2) is 5.83. The van der Waals surface area contributed by atoms with Crippen molar-refractivity contribution in [3.8, 4) is 0 Å². The Balaban J connectivity index is 1.76. The van der Waals surface area contributed by atoms with Crippen LogP contribution in [0.2, 0.25) is 0 Å². The molecular weight excluding hydrogens is 248 g/mol.